The summed E-state index contributed by atoms with van der Waals surface area (Å²) in [6.07, 6.45) is 0.709. The van der Waals surface area contributed by atoms with Crippen LogP contribution < -0.4 is 16.0 Å². The number of nitrogens with one attached hydrogen (secondary N) is 1. The summed E-state index contributed by atoms with van der Waals surface area (Å²) in [7, 11) is 0. The molecule has 5 nitrogen and oxygen atoms in total. The van der Waals surface area contributed by atoms with Gasteiger partial charge in [-0.2, -0.15) is 0 Å². The van der Waals surface area contributed by atoms with Crippen molar-refractivity contribution in [2.75, 3.05) is 17.2 Å². The van der Waals surface area contributed by atoms with Gasteiger partial charge in [0.2, 0.25) is 5.91 Å². The molecule has 3 amide bonds. The lowest BCUT2D eigenvalue weighted by molar-refractivity contribution is -0.115. The number of rotatable bonds is 4. The Kier molecular flexibility index (Phi) is 5.36. The third-order valence-corrected chi connectivity index (χ3v) is 3.44. The number of anilines is 2. The van der Waals surface area contributed by atoms with Crippen LogP contribution in [0.5, 0.6) is 0 Å². The van der Waals surface area contributed by atoms with Gasteiger partial charge in [0.25, 0.3) is 0 Å². The Hall–Kier alpha value is -2.82. The first-order chi connectivity index (χ1) is 11.0. The van der Waals surface area contributed by atoms with E-state index in [0.29, 0.717) is 24.3 Å². The molecule has 2 rings (SSSR count). The van der Waals surface area contributed by atoms with E-state index in [4.69, 9.17) is 5.73 Å². The molecule has 2 aromatic carbocycles. The maximum absolute atomic E-state index is 12.3. The topological polar surface area (TPSA) is 75.4 Å². The molecule has 0 fully saturated rings. The largest absolute Gasteiger partial charge is 0.399 e. The van der Waals surface area contributed by atoms with E-state index >= 15 is 0 Å². The van der Waals surface area contributed by atoms with Gasteiger partial charge in [0.15, 0.2) is 0 Å². The first-order valence-corrected chi connectivity index (χ1v) is 7.47. The molecule has 0 aromatic heterocycles. The second kappa shape index (κ2) is 7.45. The second-order valence-corrected chi connectivity index (χ2v) is 5.42. The molecular weight excluding hydrogens is 290 g/mol. The van der Waals surface area contributed by atoms with Gasteiger partial charge >= 0.3 is 6.03 Å². The fourth-order valence-corrected chi connectivity index (χ4v) is 2.33. The number of benzene rings is 2. The molecule has 0 bridgehead atoms. The number of nitrogens with zero attached hydrogens (tertiary/aromatic N) is 1. The molecule has 0 saturated carbocycles. The Balaban J connectivity index is 1.99. The van der Waals surface area contributed by atoms with Crippen molar-refractivity contribution in [2.45, 2.75) is 20.3 Å². The Bertz CT molecular complexity index is 696. The molecule has 0 heterocycles. The zero-order valence-electron chi connectivity index (χ0n) is 13.4. The smallest absolute Gasteiger partial charge is 0.328 e. The maximum atomic E-state index is 12.3. The minimum Gasteiger partial charge on any atom is -0.399 e. The highest BCUT2D eigenvalue weighted by Crippen LogP contribution is 2.16. The Labute approximate surface area is 136 Å². The number of hydrogen-bond donors (Lipinski definition) is 2. The van der Waals surface area contributed by atoms with E-state index in [1.165, 1.54) is 12.5 Å². The van der Waals surface area contributed by atoms with Gasteiger partial charge in [-0.25, -0.2) is 9.69 Å². The third-order valence-electron chi connectivity index (χ3n) is 3.44. The van der Waals surface area contributed by atoms with Crippen LogP contribution in [0.2, 0.25) is 0 Å². The van der Waals surface area contributed by atoms with Gasteiger partial charge in [0, 0.05) is 19.2 Å². The van der Waals surface area contributed by atoms with Gasteiger partial charge in [-0.3, -0.25) is 4.79 Å². The van der Waals surface area contributed by atoms with E-state index in [-0.39, 0.29) is 5.91 Å². The summed E-state index contributed by atoms with van der Waals surface area (Å²) in [5.41, 5.74) is 9.04. The highest BCUT2D eigenvalue weighted by molar-refractivity contribution is 6.13. The number of urea groups is 1. The van der Waals surface area contributed by atoms with E-state index in [1.807, 2.05) is 25.1 Å². The highest BCUT2D eigenvalue weighted by Gasteiger charge is 2.19. The number of nitrogens with two attached hydrogens (primary N) is 1. The first-order valence-electron chi connectivity index (χ1n) is 7.47. The summed E-state index contributed by atoms with van der Waals surface area (Å²) in [6.45, 7) is 3.85. The van der Waals surface area contributed by atoms with Gasteiger partial charge < -0.3 is 11.1 Å². The van der Waals surface area contributed by atoms with Crippen LogP contribution in [0.1, 0.15) is 18.1 Å². The Morgan fingerprint density at radius 3 is 2.43 bits per heavy atom. The van der Waals surface area contributed by atoms with Gasteiger partial charge in [0.1, 0.15) is 0 Å². The summed E-state index contributed by atoms with van der Waals surface area (Å²) >= 11 is 0. The predicted molar refractivity (Wildman–Crippen MR) is 92.3 cm³/mol. The molecule has 3 N–H and O–H groups in total. The van der Waals surface area contributed by atoms with Crippen LogP contribution in [-0.4, -0.2) is 18.5 Å². The van der Waals surface area contributed by atoms with Crippen LogP contribution in [0.25, 0.3) is 0 Å². The fourth-order valence-electron chi connectivity index (χ4n) is 2.33. The van der Waals surface area contributed by atoms with E-state index in [0.717, 1.165) is 10.5 Å². The number of hydrogen-bond acceptors (Lipinski definition) is 3. The van der Waals surface area contributed by atoms with Crippen molar-refractivity contribution >= 4 is 23.3 Å². The van der Waals surface area contributed by atoms with E-state index in [9.17, 15) is 9.59 Å². The molecule has 5 heteroatoms. The van der Waals surface area contributed by atoms with Crippen molar-refractivity contribution < 1.29 is 9.59 Å². The van der Waals surface area contributed by atoms with Gasteiger partial charge in [-0.1, -0.05) is 29.8 Å². The minimum atomic E-state index is -0.435. The standard InChI is InChI=1S/C18H21N3O2/c1-13-4-3-5-15(12-13)10-11-20-18(23)21(14(2)22)17-8-6-16(19)7-9-17/h3-9,12H,10-11,19H2,1-2H3,(H,20,23). The molecule has 0 spiro atoms. The quantitative estimate of drug-likeness (QED) is 0.853. The molecule has 120 valence electrons. The molecule has 0 radical (unpaired) electrons. The van der Waals surface area contributed by atoms with Crippen LogP contribution >= 0.6 is 0 Å². The van der Waals surface area contributed by atoms with E-state index < -0.39 is 6.03 Å². The number of amides is 3. The average Bonchev–Trinajstić information content (AvgIpc) is 2.49. The van der Waals surface area contributed by atoms with Crippen LogP contribution in [-0.2, 0) is 11.2 Å². The lowest BCUT2D eigenvalue weighted by atomic mass is 10.1. The molecule has 23 heavy (non-hydrogen) atoms. The number of carbonyl (C=O) groups is 2. The van der Waals surface area contributed by atoms with Crippen molar-refractivity contribution in [3.63, 3.8) is 0 Å². The molecule has 2 aromatic rings. The summed E-state index contributed by atoms with van der Waals surface area (Å²) in [4.78, 5) is 25.2. The van der Waals surface area contributed by atoms with Crippen LogP contribution in [0.4, 0.5) is 16.2 Å². The summed E-state index contributed by atoms with van der Waals surface area (Å²) in [5, 5.41) is 2.78. The molecule has 0 unspecified atom stereocenters. The zero-order valence-corrected chi connectivity index (χ0v) is 13.4. The van der Waals surface area contributed by atoms with Crippen molar-refractivity contribution in [1.29, 1.82) is 0 Å². The number of aryl methyl sites for hydroxylation is 1. The van der Waals surface area contributed by atoms with Crippen LogP contribution in [0, 0.1) is 6.92 Å². The van der Waals surface area contributed by atoms with Crippen LogP contribution in [0.3, 0.4) is 0 Å². The third kappa shape index (κ3) is 4.57. The minimum absolute atomic E-state index is 0.345. The molecule has 0 aliphatic heterocycles. The van der Waals surface area contributed by atoms with E-state index in [2.05, 4.69) is 11.4 Å². The van der Waals surface area contributed by atoms with Gasteiger partial charge in [-0.05, 0) is 43.2 Å². The second-order valence-electron chi connectivity index (χ2n) is 5.42. The molecule has 0 aliphatic carbocycles. The van der Waals surface area contributed by atoms with Gasteiger partial charge in [-0.15, -0.1) is 0 Å². The van der Waals surface area contributed by atoms with Gasteiger partial charge in [0.05, 0.1) is 5.69 Å². The fraction of sp³-hybridized carbons (Fsp3) is 0.222. The van der Waals surface area contributed by atoms with Crippen molar-refractivity contribution in [3.8, 4) is 0 Å². The SMILES string of the molecule is CC(=O)N(C(=O)NCCc1cccc(C)c1)c1ccc(N)cc1. The maximum Gasteiger partial charge on any atom is 0.328 e. The lowest BCUT2D eigenvalue weighted by Gasteiger charge is -2.20. The number of carbonyl (C=O) groups excluding carboxylic acids is 2. The lowest BCUT2D eigenvalue weighted by Crippen LogP contribution is -2.43. The van der Waals surface area contributed by atoms with Crippen molar-refractivity contribution in [2.24, 2.45) is 0 Å². The number of nitrogen functional groups attached to an aromatic ring is 1. The zero-order chi connectivity index (χ0) is 16.8. The van der Waals surface area contributed by atoms with Crippen molar-refractivity contribution in [1.82, 2.24) is 5.32 Å². The molecule has 0 saturated heterocycles. The first kappa shape index (κ1) is 16.5. The molecule has 0 aliphatic rings. The molecular formula is C18H21N3O2. The summed E-state index contributed by atoms with van der Waals surface area (Å²) in [6, 6.07) is 14.3. The van der Waals surface area contributed by atoms with E-state index in [1.54, 1.807) is 24.3 Å². The normalized spacial score (nSPS) is 10.2. The summed E-state index contributed by atoms with van der Waals surface area (Å²) < 4.78 is 0. The molecule has 0 atom stereocenters. The summed E-state index contributed by atoms with van der Waals surface area (Å²) in [5.74, 6) is -0.345. The Morgan fingerprint density at radius 1 is 1.13 bits per heavy atom. The number of imide groups is 1. The highest BCUT2D eigenvalue weighted by atomic mass is 16.2. The predicted octanol–water partition coefficient (Wildman–Crippen LogP) is 2.88. The average molecular weight is 311 g/mol. The monoisotopic (exact) mass is 311 g/mol. The Morgan fingerprint density at radius 2 is 1.83 bits per heavy atom. The van der Waals surface area contributed by atoms with Crippen LogP contribution in [0.15, 0.2) is 48.5 Å². The van der Waals surface area contributed by atoms with Crippen molar-refractivity contribution in [3.05, 3.63) is 59.7 Å².